The predicted octanol–water partition coefficient (Wildman–Crippen LogP) is 1.92. The molecule has 2 N–H and O–H groups in total. The Balaban J connectivity index is 0.00000312. The molecule has 25 heavy (non-hydrogen) atoms. The minimum Gasteiger partial charge on any atom is -0.357 e. The lowest BCUT2D eigenvalue weighted by Crippen LogP contribution is -2.39. The van der Waals surface area contributed by atoms with Gasteiger partial charge < -0.3 is 20.1 Å². The first-order valence-electron chi connectivity index (χ1n) is 9.19. The number of halogens is 1. The third kappa shape index (κ3) is 7.47. The molecule has 1 aromatic rings. The van der Waals surface area contributed by atoms with Crippen molar-refractivity contribution in [3.05, 3.63) is 11.6 Å². The molecule has 1 fully saturated rings. The van der Waals surface area contributed by atoms with Gasteiger partial charge in [0.25, 0.3) is 0 Å². The van der Waals surface area contributed by atoms with E-state index in [1.54, 1.807) is 0 Å². The fourth-order valence-electron chi connectivity index (χ4n) is 2.88. The fourth-order valence-corrected chi connectivity index (χ4v) is 2.88. The van der Waals surface area contributed by atoms with Crippen molar-refractivity contribution in [2.75, 3.05) is 32.7 Å². The van der Waals surface area contributed by atoms with Gasteiger partial charge in [0.1, 0.15) is 12.4 Å². The first kappa shape index (κ1) is 22.1. The molecular weight excluding hydrogens is 429 g/mol. The summed E-state index contributed by atoms with van der Waals surface area (Å²) in [4.78, 5) is 7.19. The van der Waals surface area contributed by atoms with E-state index >= 15 is 0 Å². The Bertz CT molecular complexity index is 521. The van der Waals surface area contributed by atoms with Crippen LogP contribution in [0, 0.1) is 12.8 Å². The SMILES string of the molecule is CCNC(=NCc1nnc(C)n1C)NCCCN1CCC(C)CC1.I. The number of nitrogens with zero attached hydrogens (tertiary/aromatic N) is 5. The number of piperidine rings is 1. The van der Waals surface area contributed by atoms with Crippen LogP contribution in [-0.2, 0) is 13.6 Å². The van der Waals surface area contributed by atoms with Gasteiger partial charge >= 0.3 is 0 Å². The molecule has 144 valence electrons. The van der Waals surface area contributed by atoms with Gasteiger partial charge in [0.2, 0.25) is 0 Å². The third-order valence-corrected chi connectivity index (χ3v) is 4.73. The Morgan fingerprint density at radius 1 is 1.24 bits per heavy atom. The summed E-state index contributed by atoms with van der Waals surface area (Å²) in [6, 6.07) is 0. The number of hydrogen-bond donors (Lipinski definition) is 2. The van der Waals surface area contributed by atoms with E-state index in [1.807, 2.05) is 18.5 Å². The monoisotopic (exact) mass is 463 g/mol. The van der Waals surface area contributed by atoms with E-state index in [0.29, 0.717) is 6.54 Å². The quantitative estimate of drug-likeness (QED) is 0.280. The van der Waals surface area contributed by atoms with Gasteiger partial charge in [0, 0.05) is 20.1 Å². The van der Waals surface area contributed by atoms with Crippen LogP contribution in [-0.4, -0.2) is 58.3 Å². The largest absolute Gasteiger partial charge is 0.357 e. The van der Waals surface area contributed by atoms with E-state index in [9.17, 15) is 0 Å². The topological polar surface area (TPSA) is 70.4 Å². The normalized spacial score (nSPS) is 16.6. The van der Waals surface area contributed by atoms with E-state index in [2.05, 4.69) is 44.6 Å². The molecule has 1 aliphatic rings. The molecule has 1 saturated heterocycles. The zero-order valence-corrected chi connectivity index (χ0v) is 18.4. The summed E-state index contributed by atoms with van der Waals surface area (Å²) < 4.78 is 1.98. The molecule has 7 nitrogen and oxygen atoms in total. The maximum Gasteiger partial charge on any atom is 0.191 e. The van der Waals surface area contributed by atoms with Crippen molar-refractivity contribution in [2.24, 2.45) is 18.0 Å². The lowest BCUT2D eigenvalue weighted by Gasteiger charge is -2.30. The second-order valence-corrected chi connectivity index (χ2v) is 6.72. The Kier molecular flexibility index (Phi) is 10.3. The molecule has 0 spiro atoms. The number of guanidine groups is 1. The van der Waals surface area contributed by atoms with Gasteiger partial charge in [-0.05, 0) is 58.7 Å². The Hall–Kier alpha value is -0.900. The molecule has 2 heterocycles. The van der Waals surface area contributed by atoms with Crippen LogP contribution in [0.2, 0.25) is 0 Å². The van der Waals surface area contributed by atoms with Gasteiger partial charge in [-0.25, -0.2) is 4.99 Å². The van der Waals surface area contributed by atoms with Crippen molar-refractivity contribution in [1.82, 2.24) is 30.3 Å². The molecule has 0 aromatic carbocycles. The number of nitrogens with one attached hydrogen (secondary N) is 2. The molecule has 1 aliphatic heterocycles. The number of aromatic nitrogens is 3. The Morgan fingerprint density at radius 2 is 1.96 bits per heavy atom. The molecular formula is C17H34IN7. The van der Waals surface area contributed by atoms with Crippen LogP contribution in [0.4, 0.5) is 0 Å². The van der Waals surface area contributed by atoms with E-state index in [-0.39, 0.29) is 24.0 Å². The summed E-state index contributed by atoms with van der Waals surface area (Å²) in [5.41, 5.74) is 0. The standard InChI is InChI=1S/C17H33N7.HI/c1-5-18-17(20-13-16-22-21-15(3)23(16)4)19-9-6-10-24-11-7-14(2)8-12-24;/h14H,5-13H2,1-4H3,(H2,18,19,20);1H. The number of likely N-dealkylation sites (tertiary alicyclic amines) is 1. The molecule has 0 aliphatic carbocycles. The summed E-state index contributed by atoms with van der Waals surface area (Å²) >= 11 is 0. The van der Waals surface area contributed by atoms with Crippen LogP contribution in [0.1, 0.15) is 44.8 Å². The zero-order valence-electron chi connectivity index (χ0n) is 16.1. The smallest absolute Gasteiger partial charge is 0.191 e. The van der Waals surface area contributed by atoms with Crippen molar-refractivity contribution in [3.63, 3.8) is 0 Å². The summed E-state index contributed by atoms with van der Waals surface area (Å²) in [5, 5.41) is 14.9. The van der Waals surface area contributed by atoms with Crippen LogP contribution in [0.15, 0.2) is 4.99 Å². The molecule has 8 heteroatoms. The highest BCUT2D eigenvalue weighted by Crippen LogP contribution is 2.15. The highest BCUT2D eigenvalue weighted by molar-refractivity contribution is 14.0. The van der Waals surface area contributed by atoms with E-state index in [1.165, 1.54) is 32.5 Å². The minimum atomic E-state index is 0. The van der Waals surface area contributed by atoms with Crippen molar-refractivity contribution in [2.45, 2.75) is 46.6 Å². The van der Waals surface area contributed by atoms with Crippen molar-refractivity contribution in [3.8, 4) is 0 Å². The van der Waals surface area contributed by atoms with Gasteiger partial charge in [-0.3, -0.25) is 0 Å². The second-order valence-electron chi connectivity index (χ2n) is 6.72. The Labute approximate surface area is 169 Å². The number of aryl methyl sites for hydroxylation is 1. The maximum atomic E-state index is 4.61. The minimum absolute atomic E-state index is 0. The molecule has 1 aromatic heterocycles. The molecule has 0 bridgehead atoms. The lowest BCUT2D eigenvalue weighted by atomic mass is 9.99. The second kappa shape index (κ2) is 11.7. The number of aliphatic imine (C=N–C) groups is 1. The van der Waals surface area contributed by atoms with Gasteiger partial charge in [-0.2, -0.15) is 0 Å². The first-order valence-corrected chi connectivity index (χ1v) is 9.19. The van der Waals surface area contributed by atoms with Gasteiger partial charge in [-0.1, -0.05) is 6.92 Å². The van der Waals surface area contributed by atoms with Crippen molar-refractivity contribution < 1.29 is 0 Å². The average Bonchev–Trinajstić information content (AvgIpc) is 2.90. The van der Waals surface area contributed by atoms with E-state index < -0.39 is 0 Å². The summed E-state index contributed by atoms with van der Waals surface area (Å²) in [6.45, 7) is 12.4. The first-order chi connectivity index (χ1) is 11.6. The molecule has 0 atom stereocenters. The van der Waals surface area contributed by atoms with Crippen molar-refractivity contribution >= 4 is 29.9 Å². The van der Waals surface area contributed by atoms with Crippen LogP contribution >= 0.6 is 24.0 Å². The Morgan fingerprint density at radius 3 is 2.56 bits per heavy atom. The third-order valence-electron chi connectivity index (χ3n) is 4.73. The fraction of sp³-hybridized carbons (Fsp3) is 0.824. The van der Waals surface area contributed by atoms with E-state index in [0.717, 1.165) is 43.0 Å². The average molecular weight is 463 g/mol. The van der Waals surface area contributed by atoms with Crippen molar-refractivity contribution in [1.29, 1.82) is 0 Å². The number of rotatable bonds is 7. The summed E-state index contributed by atoms with van der Waals surface area (Å²) in [7, 11) is 1.97. The van der Waals surface area contributed by atoms with Gasteiger partial charge in [0.15, 0.2) is 11.8 Å². The van der Waals surface area contributed by atoms with Gasteiger partial charge in [0.05, 0.1) is 0 Å². The summed E-state index contributed by atoms with van der Waals surface area (Å²) in [5.74, 6) is 3.54. The van der Waals surface area contributed by atoms with Crippen LogP contribution in [0.3, 0.4) is 0 Å². The highest BCUT2D eigenvalue weighted by atomic mass is 127. The predicted molar refractivity (Wildman–Crippen MR) is 113 cm³/mol. The van der Waals surface area contributed by atoms with Crippen LogP contribution < -0.4 is 10.6 Å². The molecule has 2 rings (SSSR count). The molecule has 0 saturated carbocycles. The number of hydrogen-bond acceptors (Lipinski definition) is 4. The van der Waals surface area contributed by atoms with Crippen LogP contribution in [0.25, 0.3) is 0 Å². The zero-order chi connectivity index (χ0) is 17.4. The van der Waals surface area contributed by atoms with Crippen LogP contribution in [0.5, 0.6) is 0 Å². The molecule has 0 radical (unpaired) electrons. The molecule has 0 amide bonds. The van der Waals surface area contributed by atoms with E-state index in [4.69, 9.17) is 0 Å². The maximum absolute atomic E-state index is 4.61. The summed E-state index contributed by atoms with van der Waals surface area (Å²) in [6.07, 6.45) is 3.82. The lowest BCUT2D eigenvalue weighted by molar-refractivity contribution is 0.191. The molecule has 0 unspecified atom stereocenters. The highest BCUT2D eigenvalue weighted by Gasteiger charge is 2.14. The van der Waals surface area contributed by atoms with Gasteiger partial charge in [-0.15, -0.1) is 34.2 Å².